The van der Waals surface area contributed by atoms with Gasteiger partial charge in [0.1, 0.15) is 0 Å². The van der Waals surface area contributed by atoms with Crippen LogP contribution < -0.4 is 0 Å². The Labute approximate surface area is 172 Å². The number of rotatable bonds is 14. The van der Waals surface area contributed by atoms with E-state index >= 15 is 0 Å². The summed E-state index contributed by atoms with van der Waals surface area (Å²) in [5.74, 6) is 2.10. The molecule has 1 saturated carbocycles. The predicted octanol–water partition coefficient (Wildman–Crippen LogP) is 9.82. The maximum Gasteiger partial charge on any atom is -0.0320 e. The molecule has 0 aromatic carbocycles. The minimum Gasteiger partial charge on any atom is -0.103 e. The quantitative estimate of drug-likeness (QED) is 0.209. The molecule has 0 spiro atoms. The van der Waals surface area contributed by atoms with E-state index in [0.29, 0.717) is 0 Å². The number of allylic oxidation sites excluding steroid dienone is 3. The molecular formula is C27H50. The van der Waals surface area contributed by atoms with Gasteiger partial charge in [-0.3, -0.25) is 0 Å². The van der Waals surface area contributed by atoms with Crippen molar-refractivity contribution in [2.45, 2.75) is 124 Å². The second-order valence-corrected chi connectivity index (χ2v) is 8.70. The van der Waals surface area contributed by atoms with Crippen LogP contribution in [0.25, 0.3) is 0 Å². The van der Waals surface area contributed by atoms with Gasteiger partial charge < -0.3 is 0 Å². The Morgan fingerprint density at radius 1 is 0.741 bits per heavy atom. The minimum atomic E-state index is 1.05. The molecule has 0 nitrogen and oxygen atoms in total. The highest BCUT2D eigenvalue weighted by Crippen LogP contribution is 2.36. The molecule has 2 atom stereocenters. The molecule has 1 aliphatic rings. The van der Waals surface area contributed by atoms with Gasteiger partial charge in [-0.1, -0.05) is 108 Å². The van der Waals surface area contributed by atoms with Crippen LogP contribution in [0.2, 0.25) is 0 Å². The molecule has 0 bridgehead atoms. The average Bonchev–Trinajstić information content (AvgIpc) is 2.64. The van der Waals surface area contributed by atoms with Crippen molar-refractivity contribution in [3.8, 4) is 0 Å². The summed E-state index contributed by atoms with van der Waals surface area (Å²) in [6.07, 6.45) is 23.7. The average molecular weight is 375 g/mol. The Hall–Kier alpha value is -0.780. The molecule has 0 radical (unpaired) electrons. The molecule has 0 amide bonds. The molecule has 1 rings (SSSR count). The Morgan fingerprint density at radius 3 is 1.81 bits per heavy atom. The molecule has 1 fully saturated rings. The maximum atomic E-state index is 4.29. The van der Waals surface area contributed by atoms with Crippen LogP contribution in [0.5, 0.6) is 0 Å². The molecule has 0 heterocycles. The summed E-state index contributed by atoms with van der Waals surface area (Å²) in [7, 11) is 0. The fraction of sp³-hybridized carbons (Fsp3) is 0.778. The summed E-state index contributed by atoms with van der Waals surface area (Å²) < 4.78 is 0. The van der Waals surface area contributed by atoms with Crippen molar-refractivity contribution >= 4 is 0 Å². The van der Waals surface area contributed by atoms with Crippen molar-refractivity contribution < 1.29 is 0 Å². The van der Waals surface area contributed by atoms with Gasteiger partial charge in [0.25, 0.3) is 0 Å². The van der Waals surface area contributed by atoms with Gasteiger partial charge in [0.2, 0.25) is 0 Å². The molecule has 0 aromatic heterocycles. The summed E-state index contributed by atoms with van der Waals surface area (Å²) in [6.45, 7) is 18.3. The van der Waals surface area contributed by atoms with Gasteiger partial charge in [0.05, 0.1) is 0 Å². The van der Waals surface area contributed by atoms with Crippen molar-refractivity contribution in [2.24, 2.45) is 11.8 Å². The minimum absolute atomic E-state index is 1.05. The number of hydrogen-bond donors (Lipinski definition) is 0. The van der Waals surface area contributed by atoms with Crippen molar-refractivity contribution in [2.75, 3.05) is 0 Å². The van der Waals surface area contributed by atoms with Crippen LogP contribution in [0.4, 0.5) is 0 Å². The normalized spacial score (nSPS) is 19.1. The summed E-state index contributed by atoms with van der Waals surface area (Å²) in [5.41, 5.74) is 2.90. The first-order valence-electron chi connectivity index (χ1n) is 12.0. The topological polar surface area (TPSA) is 0 Å². The smallest absolute Gasteiger partial charge is 0.0320 e. The molecule has 1 aliphatic carbocycles. The van der Waals surface area contributed by atoms with Crippen LogP contribution >= 0.6 is 0 Å². The third-order valence-electron chi connectivity index (χ3n) is 6.00. The third-order valence-corrected chi connectivity index (χ3v) is 6.00. The monoisotopic (exact) mass is 374 g/mol. The highest BCUT2D eigenvalue weighted by molar-refractivity contribution is 4.98. The molecule has 0 saturated heterocycles. The van der Waals surface area contributed by atoms with E-state index in [9.17, 15) is 0 Å². The van der Waals surface area contributed by atoms with Crippen molar-refractivity contribution in [1.29, 1.82) is 0 Å². The second-order valence-electron chi connectivity index (χ2n) is 8.70. The van der Waals surface area contributed by atoms with E-state index in [2.05, 4.69) is 33.6 Å². The zero-order valence-corrected chi connectivity index (χ0v) is 19.2. The van der Waals surface area contributed by atoms with Gasteiger partial charge in [-0.15, -0.1) is 6.58 Å². The molecule has 0 N–H and O–H groups in total. The standard InChI is InChI=1S/C24H44.C3H6/c1-5-13-21(3)16-12-17-22(4)15-8-7-9-18-24-20-11-10-19-23(24)14-6-2;1-3-2/h23-24H,3-20H2,1-2H3;3H,1H2,2H3. The third kappa shape index (κ3) is 14.9. The van der Waals surface area contributed by atoms with E-state index < -0.39 is 0 Å². The van der Waals surface area contributed by atoms with Crippen LogP contribution in [-0.4, -0.2) is 0 Å². The van der Waals surface area contributed by atoms with Crippen LogP contribution in [0.15, 0.2) is 37.0 Å². The largest absolute Gasteiger partial charge is 0.103 e. The van der Waals surface area contributed by atoms with Gasteiger partial charge in [0.15, 0.2) is 0 Å². The first-order valence-corrected chi connectivity index (χ1v) is 12.0. The highest BCUT2D eigenvalue weighted by Gasteiger charge is 2.23. The Bertz CT molecular complexity index is 373. The van der Waals surface area contributed by atoms with E-state index in [1.807, 2.05) is 6.92 Å². The van der Waals surface area contributed by atoms with E-state index in [1.165, 1.54) is 114 Å². The zero-order valence-electron chi connectivity index (χ0n) is 19.2. The summed E-state index contributed by atoms with van der Waals surface area (Å²) in [6, 6.07) is 0. The van der Waals surface area contributed by atoms with Gasteiger partial charge in [-0.2, -0.15) is 0 Å². The maximum absolute atomic E-state index is 4.29. The summed E-state index contributed by atoms with van der Waals surface area (Å²) in [4.78, 5) is 0. The zero-order chi connectivity index (χ0) is 20.3. The van der Waals surface area contributed by atoms with E-state index in [4.69, 9.17) is 0 Å². The van der Waals surface area contributed by atoms with Crippen LogP contribution in [-0.2, 0) is 0 Å². The second kappa shape index (κ2) is 18.6. The predicted molar refractivity (Wildman–Crippen MR) is 126 cm³/mol. The Kier molecular flexibility index (Phi) is 18.0. The Morgan fingerprint density at radius 2 is 1.26 bits per heavy atom. The lowest BCUT2D eigenvalue weighted by Crippen LogP contribution is -2.19. The summed E-state index contributed by atoms with van der Waals surface area (Å²) >= 11 is 0. The molecule has 0 aliphatic heterocycles. The SMILES string of the molecule is C=C(CCC)CCCC(=C)CCCCCC1CCCCC1CCC.C=CC. The molecule has 27 heavy (non-hydrogen) atoms. The Balaban J connectivity index is 0.00000210. The molecule has 2 unspecified atom stereocenters. The molecule has 0 heteroatoms. The fourth-order valence-corrected chi connectivity index (χ4v) is 4.57. The lowest BCUT2D eigenvalue weighted by Gasteiger charge is -2.31. The number of unbranched alkanes of at least 4 members (excludes halogenated alkanes) is 2. The lowest BCUT2D eigenvalue weighted by molar-refractivity contribution is 0.205. The lowest BCUT2D eigenvalue weighted by atomic mass is 9.74. The number of hydrogen-bond acceptors (Lipinski definition) is 0. The molecule has 158 valence electrons. The first kappa shape index (κ1) is 26.2. The van der Waals surface area contributed by atoms with E-state index in [-0.39, 0.29) is 0 Å². The van der Waals surface area contributed by atoms with Gasteiger partial charge in [0, 0.05) is 0 Å². The van der Waals surface area contributed by atoms with Crippen molar-refractivity contribution in [3.05, 3.63) is 37.0 Å². The van der Waals surface area contributed by atoms with E-state index in [1.54, 1.807) is 6.08 Å². The van der Waals surface area contributed by atoms with Gasteiger partial charge in [-0.25, -0.2) is 0 Å². The molecule has 0 aromatic rings. The van der Waals surface area contributed by atoms with Crippen LogP contribution in [0, 0.1) is 11.8 Å². The van der Waals surface area contributed by atoms with Gasteiger partial charge >= 0.3 is 0 Å². The van der Waals surface area contributed by atoms with Crippen LogP contribution in [0.3, 0.4) is 0 Å². The summed E-state index contributed by atoms with van der Waals surface area (Å²) in [5, 5.41) is 0. The highest BCUT2D eigenvalue weighted by atomic mass is 14.3. The van der Waals surface area contributed by atoms with Crippen molar-refractivity contribution in [1.82, 2.24) is 0 Å². The fourth-order valence-electron chi connectivity index (χ4n) is 4.57. The van der Waals surface area contributed by atoms with Gasteiger partial charge in [-0.05, 0) is 57.3 Å². The first-order chi connectivity index (χ1) is 13.1. The van der Waals surface area contributed by atoms with Crippen molar-refractivity contribution in [3.63, 3.8) is 0 Å². The molecular weight excluding hydrogens is 324 g/mol. The van der Waals surface area contributed by atoms with Crippen LogP contribution in [0.1, 0.15) is 124 Å². The van der Waals surface area contributed by atoms with E-state index in [0.717, 1.165) is 11.8 Å².